The second-order valence-corrected chi connectivity index (χ2v) is 7.14. The number of imidazole rings is 1. The molecule has 2 aliphatic rings. The molecule has 0 aliphatic carbocycles. The number of carbonyl (C=O) groups is 1. The van der Waals surface area contributed by atoms with Crippen LogP contribution in [0.5, 0.6) is 5.75 Å². The average Bonchev–Trinajstić information content (AvgIpc) is 2.75. The van der Waals surface area contributed by atoms with Crippen LogP contribution in [0, 0.1) is 5.92 Å². The fraction of sp³-hybridized carbons (Fsp3) is 0.500. The third kappa shape index (κ3) is 2.56. The third-order valence-corrected chi connectivity index (χ3v) is 5.10. The van der Waals surface area contributed by atoms with Crippen LogP contribution in [0.4, 0.5) is 5.95 Å². The van der Waals surface area contributed by atoms with Crippen molar-refractivity contribution in [3.63, 3.8) is 0 Å². The second kappa shape index (κ2) is 5.70. The zero-order valence-electron chi connectivity index (χ0n) is 12.8. The molecule has 0 spiro atoms. The van der Waals surface area contributed by atoms with Crippen molar-refractivity contribution < 1.29 is 9.53 Å². The molecule has 122 valence electrons. The molecular formula is C16H19BrN4O2. The van der Waals surface area contributed by atoms with Gasteiger partial charge in [0, 0.05) is 24.1 Å². The van der Waals surface area contributed by atoms with Crippen LogP contribution in [0.3, 0.4) is 0 Å². The van der Waals surface area contributed by atoms with Crippen LogP contribution in [0.25, 0.3) is 11.0 Å². The van der Waals surface area contributed by atoms with E-state index < -0.39 is 0 Å². The van der Waals surface area contributed by atoms with Gasteiger partial charge >= 0.3 is 0 Å². The van der Waals surface area contributed by atoms with Gasteiger partial charge in [0.05, 0.1) is 18.0 Å². The lowest BCUT2D eigenvalue weighted by molar-refractivity contribution is -0.122. The van der Waals surface area contributed by atoms with E-state index in [1.54, 1.807) is 0 Å². The van der Waals surface area contributed by atoms with E-state index in [1.807, 2.05) is 12.1 Å². The van der Waals surface area contributed by atoms with Crippen molar-refractivity contribution in [1.29, 1.82) is 0 Å². The number of benzene rings is 1. The monoisotopic (exact) mass is 378 g/mol. The first-order valence-electron chi connectivity index (χ1n) is 8.00. The van der Waals surface area contributed by atoms with Gasteiger partial charge in [0.25, 0.3) is 0 Å². The van der Waals surface area contributed by atoms with E-state index in [9.17, 15) is 4.79 Å². The van der Waals surface area contributed by atoms with Crippen LogP contribution in [0.1, 0.15) is 19.3 Å². The highest BCUT2D eigenvalue weighted by molar-refractivity contribution is 9.10. The standard InChI is InChI=1S/C16H19BrN4O2/c17-11-7-12-14-13(8-11)23-6-2-5-21(14)16(19-12)20-4-1-3-10(9-20)15(18)22/h7-8,10H,1-6,9H2,(H2,18,22). The van der Waals surface area contributed by atoms with E-state index in [0.717, 1.165) is 59.6 Å². The fourth-order valence-corrected chi connectivity index (χ4v) is 3.97. The lowest BCUT2D eigenvalue weighted by atomic mass is 9.98. The van der Waals surface area contributed by atoms with Crippen LogP contribution < -0.4 is 15.4 Å². The lowest BCUT2D eigenvalue weighted by Gasteiger charge is -2.32. The number of anilines is 1. The van der Waals surface area contributed by atoms with Crippen molar-refractivity contribution >= 4 is 38.8 Å². The third-order valence-electron chi connectivity index (χ3n) is 4.64. The van der Waals surface area contributed by atoms with E-state index in [1.165, 1.54) is 0 Å². The van der Waals surface area contributed by atoms with Gasteiger partial charge in [-0.05, 0) is 31.4 Å². The minimum atomic E-state index is -0.214. The van der Waals surface area contributed by atoms with Gasteiger partial charge in [-0.3, -0.25) is 4.79 Å². The number of aryl methyl sites for hydroxylation is 1. The number of nitrogens with two attached hydrogens (primary N) is 1. The second-order valence-electron chi connectivity index (χ2n) is 6.22. The zero-order chi connectivity index (χ0) is 16.0. The van der Waals surface area contributed by atoms with Crippen molar-refractivity contribution in [3.05, 3.63) is 16.6 Å². The summed E-state index contributed by atoms with van der Waals surface area (Å²) in [5.41, 5.74) is 7.48. The van der Waals surface area contributed by atoms with Crippen LogP contribution in [0.2, 0.25) is 0 Å². The topological polar surface area (TPSA) is 73.4 Å². The Morgan fingerprint density at radius 2 is 2.22 bits per heavy atom. The Labute approximate surface area is 142 Å². The predicted octanol–water partition coefficient (Wildman–Crippen LogP) is 2.28. The number of carbonyl (C=O) groups excluding carboxylic acids is 1. The average molecular weight is 379 g/mol. The summed E-state index contributed by atoms with van der Waals surface area (Å²) in [7, 11) is 0. The number of nitrogens with zero attached hydrogens (tertiary/aromatic N) is 3. The molecule has 1 atom stereocenters. The number of primary amides is 1. The summed E-state index contributed by atoms with van der Waals surface area (Å²) >= 11 is 3.53. The number of piperidine rings is 1. The maximum Gasteiger partial charge on any atom is 0.222 e. The van der Waals surface area contributed by atoms with E-state index in [0.29, 0.717) is 13.2 Å². The number of hydrogen-bond donors (Lipinski definition) is 1. The van der Waals surface area contributed by atoms with E-state index in [-0.39, 0.29) is 11.8 Å². The van der Waals surface area contributed by atoms with E-state index in [2.05, 4.69) is 25.4 Å². The van der Waals surface area contributed by atoms with Gasteiger partial charge in [-0.2, -0.15) is 0 Å². The summed E-state index contributed by atoms with van der Waals surface area (Å²) < 4.78 is 9.07. The van der Waals surface area contributed by atoms with Crippen LogP contribution in [-0.2, 0) is 11.3 Å². The summed E-state index contributed by atoms with van der Waals surface area (Å²) in [6, 6.07) is 4.01. The molecule has 6 nitrogen and oxygen atoms in total. The molecule has 1 unspecified atom stereocenters. The SMILES string of the molecule is NC(=O)C1CCCN(c2nc3cc(Br)cc4c3n2CCCO4)C1. The number of aromatic nitrogens is 2. The van der Waals surface area contributed by atoms with Gasteiger partial charge in [-0.1, -0.05) is 15.9 Å². The van der Waals surface area contributed by atoms with Crippen LogP contribution >= 0.6 is 15.9 Å². The Hall–Kier alpha value is -1.76. The van der Waals surface area contributed by atoms with Crippen molar-refractivity contribution in [2.24, 2.45) is 11.7 Å². The molecule has 2 aromatic rings. The number of hydrogen-bond acceptors (Lipinski definition) is 4. The normalized spacial score (nSPS) is 21.1. The molecule has 4 rings (SSSR count). The molecule has 2 aliphatic heterocycles. The Bertz CT molecular complexity index is 773. The molecule has 7 heteroatoms. The summed E-state index contributed by atoms with van der Waals surface area (Å²) in [5, 5.41) is 0. The van der Waals surface area contributed by atoms with Crippen LogP contribution in [-0.4, -0.2) is 35.2 Å². The van der Waals surface area contributed by atoms with Gasteiger partial charge in [0.15, 0.2) is 0 Å². The van der Waals surface area contributed by atoms with E-state index in [4.69, 9.17) is 15.5 Å². The van der Waals surface area contributed by atoms with Gasteiger partial charge in [-0.15, -0.1) is 0 Å². The van der Waals surface area contributed by atoms with Crippen molar-refractivity contribution in [1.82, 2.24) is 9.55 Å². The van der Waals surface area contributed by atoms with Crippen LogP contribution in [0.15, 0.2) is 16.6 Å². The first kappa shape index (κ1) is 14.8. The maximum atomic E-state index is 11.6. The Morgan fingerprint density at radius 3 is 3.04 bits per heavy atom. The molecule has 1 saturated heterocycles. The van der Waals surface area contributed by atoms with Gasteiger partial charge in [0.1, 0.15) is 11.3 Å². The highest BCUT2D eigenvalue weighted by atomic mass is 79.9. The van der Waals surface area contributed by atoms with Gasteiger partial charge in [-0.25, -0.2) is 4.98 Å². The fourth-order valence-electron chi connectivity index (χ4n) is 3.54. The Morgan fingerprint density at radius 1 is 1.35 bits per heavy atom. The number of amides is 1. The summed E-state index contributed by atoms with van der Waals surface area (Å²) in [6.45, 7) is 3.13. The van der Waals surface area contributed by atoms with Crippen molar-refractivity contribution in [2.45, 2.75) is 25.8 Å². The number of halogens is 1. The molecule has 1 aromatic carbocycles. The van der Waals surface area contributed by atoms with Gasteiger partial charge in [0.2, 0.25) is 11.9 Å². The Kier molecular flexibility index (Phi) is 3.67. The molecule has 0 bridgehead atoms. The highest BCUT2D eigenvalue weighted by Crippen LogP contribution is 2.36. The molecule has 1 amide bonds. The smallest absolute Gasteiger partial charge is 0.222 e. The summed E-state index contributed by atoms with van der Waals surface area (Å²) in [6.07, 6.45) is 2.77. The summed E-state index contributed by atoms with van der Waals surface area (Å²) in [5.74, 6) is 1.49. The zero-order valence-corrected chi connectivity index (χ0v) is 14.4. The summed E-state index contributed by atoms with van der Waals surface area (Å²) in [4.78, 5) is 18.6. The number of rotatable bonds is 2. The molecule has 2 N–H and O–H groups in total. The molecule has 1 fully saturated rings. The highest BCUT2D eigenvalue weighted by Gasteiger charge is 2.28. The predicted molar refractivity (Wildman–Crippen MR) is 91.7 cm³/mol. The van der Waals surface area contributed by atoms with E-state index >= 15 is 0 Å². The molecule has 1 aromatic heterocycles. The molecule has 0 radical (unpaired) electrons. The largest absolute Gasteiger partial charge is 0.491 e. The minimum absolute atomic E-state index is 0.0930. The molecule has 3 heterocycles. The molecule has 0 saturated carbocycles. The lowest BCUT2D eigenvalue weighted by Crippen LogP contribution is -2.42. The minimum Gasteiger partial charge on any atom is -0.491 e. The maximum absolute atomic E-state index is 11.6. The van der Waals surface area contributed by atoms with Gasteiger partial charge < -0.3 is 19.9 Å². The first-order chi connectivity index (χ1) is 11.1. The molecule has 23 heavy (non-hydrogen) atoms. The Balaban J connectivity index is 1.80. The quantitative estimate of drug-likeness (QED) is 0.869. The van der Waals surface area contributed by atoms with Crippen molar-refractivity contribution in [3.8, 4) is 5.75 Å². The van der Waals surface area contributed by atoms with Crippen molar-refractivity contribution in [2.75, 3.05) is 24.6 Å². The molecular weight excluding hydrogens is 360 g/mol. The number of ether oxygens (including phenoxy) is 1. The first-order valence-corrected chi connectivity index (χ1v) is 8.79.